The minimum Gasteiger partial charge on any atom is -0.480 e. The van der Waals surface area contributed by atoms with Crippen molar-refractivity contribution in [2.45, 2.75) is 51.4 Å². The largest absolute Gasteiger partial charge is 0.480 e. The number of aromatic nitrogens is 6. The lowest BCUT2D eigenvalue weighted by molar-refractivity contribution is -0.140. The molecule has 1 aliphatic carbocycles. The van der Waals surface area contributed by atoms with Crippen LogP contribution in [0, 0.1) is 0 Å². The summed E-state index contributed by atoms with van der Waals surface area (Å²) >= 11 is 0. The Balaban J connectivity index is 1.32. The lowest BCUT2D eigenvalue weighted by atomic mass is 9.98. The van der Waals surface area contributed by atoms with Gasteiger partial charge in [-0.05, 0) is 44.0 Å². The molecular formula is C27H28F3N7O. The summed E-state index contributed by atoms with van der Waals surface area (Å²) in [7, 11) is 3.58. The first-order chi connectivity index (χ1) is 18.3. The van der Waals surface area contributed by atoms with Gasteiger partial charge in [0.25, 0.3) is 0 Å². The monoisotopic (exact) mass is 523 g/mol. The number of hydrogen-bond donors (Lipinski definition) is 0. The lowest BCUT2D eigenvalue weighted by Crippen LogP contribution is -2.31. The molecule has 1 saturated carbocycles. The third-order valence-corrected chi connectivity index (χ3v) is 7.38. The first-order valence-electron chi connectivity index (χ1n) is 12.7. The second kappa shape index (κ2) is 9.14. The van der Waals surface area contributed by atoms with Crippen LogP contribution in [0.15, 0.2) is 36.8 Å². The maximum Gasteiger partial charge on any atom is 0.434 e. The van der Waals surface area contributed by atoms with E-state index in [-0.39, 0.29) is 0 Å². The van der Waals surface area contributed by atoms with E-state index < -0.39 is 11.9 Å². The number of aryl methyl sites for hydroxylation is 2. The Hall–Kier alpha value is -3.89. The Bertz CT molecular complexity index is 1490. The molecule has 0 radical (unpaired) electrons. The number of benzene rings is 1. The fourth-order valence-electron chi connectivity index (χ4n) is 5.28. The quantitative estimate of drug-likeness (QED) is 0.345. The summed E-state index contributed by atoms with van der Waals surface area (Å²) < 4.78 is 48.8. The van der Waals surface area contributed by atoms with E-state index in [1.54, 1.807) is 20.4 Å². The van der Waals surface area contributed by atoms with Gasteiger partial charge in [0.2, 0.25) is 5.88 Å². The van der Waals surface area contributed by atoms with Gasteiger partial charge in [0, 0.05) is 67.7 Å². The molecule has 198 valence electrons. The number of methoxy groups -OCH3 is 1. The molecule has 8 nitrogen and oxygen atoms in total. The molecule has 6 rings (SSSR count). The van der Waals surface area contributed by atoms with Gasteiger partial charge in [-0.15, -0.1) is 0 Å². The van der Waals surface area contributed by atoms with E-state index in [0.29, 0.717) is 36.3 Å². The number of ether oxygens (including phenoxy) is 1. The molecule has 1 aliphatic heterocycles. The number of rotatable bonds is 6. The molecule has 1 fully saturated rings. The number of alkyl halides is 3. The van der Waals surface area contributed by atoms with Crippen molar-refractivity contribution in [1.82, 2.24) is 29.3 Å². The van der Waals surface area contributed by atoms with Crippen LogP contribution in [-0.2, 0) is 32.7 Å². The van der Waals surface area contributed by atoms with Crippen molar-refractivity contribution < 1.29 is 17.9 Å². The molecule has 0 atom stereocenters. The highest BCUT2D eigenvalue weighted by Crippen LogP contribution is 2.46. The van der Waals surface area contributed by atoms with E-state index in [1.807, 2.05) is 36.0 Å². The molecule has 0 bridgehead atoms. The van der Waals surface area contributed by atoms with Crippen molar-refractivity contribution in [1.29, 1.82) is 0 Å². The number of halogens is 3. The zero-order chi connectivity index (χ0) is 26.6. The number of fused-ring (bicyclic) bond motifs is 1. The van der Waals surface area contributed by atoms with Crippen molar-refractivity contribution >= 4 is 5.69 Å². The van der Waals surface area contributed by atoms with Crippen LogP contribution in [0.2, 0.25) is 0 Å². The van der Waals surface area contributed by atoms with Gasteiger partial charge in [-0.3, -0.25) is 4.68 Å². The zero-order valence-corrected chi connectivity index (χ0v) is 21.5. The molecule has 0 unspecified atom stereocenters. The number of imidazole rings is 1. The maximum atomic E-state index is 13.2. The summed E-state index contributed by atoms with van der Waals surface area (Å²) in [5, 5.41) is 4.89. The van der Waals surface area contributed by atoms with Gasteiger partial charge in [-0.2, -0.15) is 18.3 Å². The lowest BCUT2D eigenvalue weighted by Gasteiger charge is -2.30. The molecule has 1 aromatic carbocycles. The molecule has 4 heterocycles. The average Bonchev–Trinajstić information content (AvgIpc) is 3.59. The third-order valence-electron chi connectivity index (χ3n) is 7.38. The van der Waals surface area contributed by atoms with Crippen molar-refractivity contribution in [3.8, 4) is 28.5 Å². The topological polar surface area (TPSA) is 73.9 Å². The Morgan fingerprint density at radius 1 is 1.11 bits per heavy atom. The number of nitrogens with zero attached hydrogens (tertiary/aromatic N) is 7. The molecule has 0 N–H and O–H groups in total. The van der Waals surface area contributed by atoms with E-state index in [1.165, 1.54) is 10.3 Å². The van der Waals surface area contributed by atoms with Crippen molar-refractivity contribution in [2.24, 2.45) is 7.05 Å². The van der Waals surface area contributed by atoms with Crippen LogP contribution >= 0.6 is 0 Å². The van der Waals surface area contributed by atoms with Crippen LogP contribution in [0.4, 0.5) is 18.9 Å². The first-order valence-corrected chi connectivity index (χ1v) is 12.7. The highest BCUT2D eigenvalue weighted by molar-refractivity contribution is 5.73. The minimum atomic E-state index is -4.48. The molecule has 0 amide bonds. The second-order valence-corrected chi connectivity index (χ2v) is 9.77. The van der Waals surface area contributed by atoms with Gasteiger partial charge >= 0.3 is 6.18 Å². The van der Waals surface area contributed by atoms with Crippen LogP contribution in [0.25, 0.3) is 22.6 Å². The Labute approximate surface area is 218 Å². The molecule has 4 aromatic rings. The first kappa shape index (κ1) is 24.4. The number of hydrogen-bond acceptors (Lipinski definition) is 6. The van der Waals surface area contributed by atoms with Crippen LogP contribution in [0.1, 0.15) is 48.3 Å². The van der Waals surface area contributed by atoms with E-state index >= 15 is 0 Å². The number of anilines is 1. The Morgan fingerprint density at radius 2 is 1.87 bits per heavy atom. The summed E-state index contributed by atoms with van der Waals surface area (Å²) in [4.78, 5) is 15.1. The van der Waals surface area contributed by atoms with Gasteiger partial charge in [0.05, 0.1) is 18.4 Å². The van der Waals surface area contributed by atoms with Crippen LogP contribution in [-0.4, -0.2) is 43.0 Å². The van der Waals surface area contributed by atoms with Gasteiger partial charge in [-0.25, -0.2) is 15.0 Å². The maximum absolute atomic E-state index is 13.2. The molecule has 38 heavy (non-hydrogen) atoms. The SMILES string of the molecule is CCn1cc(C(F)(F)F)nc1-c1ccc(N2CCc3c(c(-c4c(OC)ncnc4C4CC4)nn3C)C2)cc1. The fourth-order valence-corrected chi connectivity index (χ4v) is 5.28. The highest BCUT2D eigenvalue weighted by atomic mass is 19.4. The second-order valence-electron chi connectivity index (χ2n) is 9.77. The van der Waals surface area contributed by atoms with Crippen LogP contribution < -0.4 is 9.64 Å². The third kappa shape index (κ3) is 4.19. The van der Waals surface area contributed by atoms with E-state index in [4.69, 9.17) is 9.84 Å². The zero-order valence-electron chi connectivity index (χ0n) is 21.5. The standard InChI is InChI=1S/C27H28F3N7O/c1-4-36-14-21(27(28,29)30)33-25(36)17-7-9-18(10-8-17)37-12-11-20-19(13-37)24(34-35(20)2)22-23(16-5-6-16)31-15-32-26(22)38-3/h7-10,14-16H,4-6,11-13H2,1-3H3. The molecular weight excluding hydrogens is 495 g/mol. The van der Waals surface area contributed by atoms with Crippen molar-refractivity contribution in [2.75, 3.05) is 18.6 Å². The smallest absolute Gasteiger partial charge is 0.434 e. The van der Waals surface area contributed by atoms with Crippen LogP contribution in [0.5, 0.6) is 5.88 Å². The van der Waals surface area contributed by atoms with Crippen LogP contribution in [0.3, 0.4) is 0 Å². The van der Waals surface area contributed by atoms with E-state index in [2.05, 4.69) is 19.9 Å². The normalized spacial score (nSPS) is 15.6. The van der Waals surface area contributed by atoms with E-state index in [0.717, 1.165) is 60.2 Å². The Kier molecular flexibility index (Phi) is 5.88. The summed E-state index contributed by atoms with van der Waals surface area (Å²) in [6.07, 6.45) is 1.15. The summed E-state index contributed by atoms with van der Waals surface area (Å²) in [5.74, 6) is 1.25. The minimum absolute atomic E-state index is 0.311. The summed E-state index contributed by atoms with van der Waals surface area (Å²) in [6, 6.07) is 7.56. The highest BCUT2D eigenvalue weighted by Gasteiger charge is 2.36. The summed E-state index contributed by atoms with van der Waals surface area (Å²) in [6.45, 7) is 3.64. The predicted molar refractivity (Wildman–Crippen MR) is 136 cm³/mol. The molecule has 2 aliphatic rings. The van der Waals surface area contributed by atoms with Gasteiger partial charge in [0.15, 0.2) is 5.69 Å². The van der Waals surface area contributed by atoms with E-state index in [9.17, 15) is 13.2 Å². The van der Waals surface area contributed by atoms with Gasteiger partial charge < -0.3 is 14.2 Å². The van der Waals surface area contributed by atoms with Crippen molar-refractivity contribution in [3.63, 3.8) is 0 Å². The fraction of sp³-hybridized carbons (Fsp3) is 0.407. The Morgan fingerprint density at radius 3 is 2.53 bits per heavy atom. The average molecular weight is 524 g/mol. The molecule has 11 heteroatoms. The van der Waals surface area contributed by atoms with Gasteiger partial charge in [-0.1, -0.05) is 0 Å². The molecule has 0 spiro atoms. The van der Waals surface area contributed by atoms with Gasteiger partial charge in [0.1, 0.15) is 17.8 Å². The molecule has 3 aromatic heterocycles. The summed E-state index contributed by atoms with van der Waals surface area (Å²) in [5.41, 5.74) is 5.76. The predicted octanol–water partition coefficient (Wildman–Crippen LogP) is 5.23. The van der Waals surface area contributed by atoms with Crippen molar-refractivity contribution in [3.05, 3.63) is 59.4 Å². The molecule has 0 saturated heterocycles.